The van der Waals surface area contributed by atoms with E-state index in [4.69, 9.17) is 5.26 Å². The minimum Gasteiger partial charge on any atom is -0.387 e. The van der Waals surface area contributed by atoms with Gasteiger partial charge in [0.05, 0.1) is 23.2 Å². The summed E-state index contributed by atoms with van der Waals surface area (Å²) in [5, 5.41) is 19.2. The molecule has 96 valence electrons. The molecule has 1 saturated carbocycles. The van der Waals surface area contributed by atoms with Crippen LogP contribution in [0.3, 0.4) is 0 Å². The number of aliphatic hydroxyl groups excluding tert-OH is 1. The van der Waals surface area contributed by atoms with Crippen molar-refractivity contribution in [2.75, 3.05) is 0 Å². The first-order valence-corrected chi connectivity index (χ1v) is 5.66. The van der Waals surface area contributed by atoms with E-state index in [1.165, 1.54) is 18.2 Å². The molecule has 1 fully saturated rings. The molecule has 5 heteroatoms. The molecule has 1 N–H and O–H groups in total. The van der Waals surface area contributed by atoms with Gasteiger partial charge in [-0.2, -0.15) is 18.4 Å². The average molecular weight is 255 g/mol. The molecule has 0 spiro atoms. The van der Waals surface area contributed by atoms with Crippen LogP contribution in [0.5, 0.6) is 0 Å². The fourth-order valence-corrected chi connectivity index (χ4v) is 2.30. The molecule has 0 aliphatic heterocycles. The first-order valence-electron chi connectivity index (χ1n) is 5.66. The molecule has 0 saturated heterocycles. The molecule has 1 aromatic carbocycles. The van der Waals surface area contributed by atoms with Crippen LogP contribution in [-0.2, 0) is 6.18 Å². The summed E-state index contributed by atoms with van der Waals surface area (Å²) in [5.41, 5.74) is -2.12. The van der Waals surface area contributed by atoms with Gasteiger partial charge in [-0.1, -0.05) is 24.6 Å². The summed E-state index contributed by atoms with van der Waals surface area (Å²) < 4.78 is 38.5. The van der Waals surface area contributed by atoms with E-state index in [1.807, 2.05) is 6.07 Å². The van der Waals surface area contributed by atoms with Crippen molar-refractivity contribution in [3.63, 3.8) is 0 Å². The van der Waals surface area contributed by atoms with Gasteiger partial charge in [-0.3, -0.25) is 0 Å². The molecule has 2 nitrogen and oxygen atoms in total. The van der Waals surface area contributed by atoms with E-state index in [9.17, 15) is 18.3 Å². The lowest BCUT2D eigenvalue weighted by Gasteiger charge is -2.40. The van der Waals surface area contributed by atoms with E-state index in [0.29, 0.717) is 12.8 Å². The van der Waals surface area contributed by atoms with Gasteiger partial charge < -0.3 is 5.11 Å². The Hall–Kier alpha value is -1.54. The van der Waals surface area contributed by atoms with E-state index in [0.717, 1.165) is 12.5 Å². The molecule has 0 bridgehead atoms. The number of hydrogen-bond donors (Lipinski definition) is 1. The van der Waals surface area contributed by atoms with Crippen molar-refractivity contribution in [2.24, 2.45) is 5.41 Å². The second-order valence-electron chi connectivity index (χ2n) is 4.61. The maximum absolute atomic E-state index is 12.8. The Balaban J connectivity index is 2.43. The predicted octanol–water partition coefficient (Wildman–Crippen LogP) is 3.43. The highest BCUT2D eigenvalue weighted by molar-refractivity contribution is 5.34. The maximum Gasteiger partial charge on any atom is 0.416 e. The topological polar surface area (TPSA) is 44.0 Å². The summed E-state index contributed by atoms with van der Waals surface area (Å²) in [5.74, 6) is 0. The second-order valence-corrected chi connectivity index (χ2v) is 4.61. The van der Waals surface area contributed by atoms with Crippen LogP contribution in [0.1, 0.15) is 36.5 Å². The molecule has 1 aliphatic rings. The lowest BCUT2D eigenvalue weighted by molar-refractivity contribution is -0.140. The smallest absolute Gasteiger partial charge is 0.387 e. The van der Waals surface area contributed by atoms with Crippen molar-refractivity contribution >= 4 is 0 Å². The highest BCUT2D eigenvalue weighted by atomic mass is 19.4. The van der Waals surface area contributed by atoms with Crippen LogP contribution in [0, 0.1) is 16.7 Å². The van der Waals surface area contributed by atoms with Crippen molar-refractivity contribution in [1.29, 1.82) is 5.26 Å². The Labute approximate surface area is 103 Å². The standard InChI is InChI=1S/C13H12F3NO/c14-13(15,16)10-5-2-1-4-9(10)11(18)12(8-17)6-3-7-12/h1-2,4-5,11,18H,3,6-7H2. The normalized spacial score (nSPS) is 19.7. The zero-order chi connectivity index (χ0) is 13.4. The Morgan fingerprint density at radius 3 is 2.33 bits per heavy atom. The van der Waals surface area contributed by atoms with Gasteiger partial charge in [-0.25, -0.2) is 0 Å². The van der Waals surface area contributed by atoms with Gasteiger partial charge in [-0.15, -0.1) is 0 Å². The molecule has 0 radical (unpaired) electrons. The van der Waals surface area contributed by atoms with Crippen LogP contribution in [0.25, 0.3) is 0 Å². The molecule has 1 atom stereocenters. The van der Waals surface area contributed by atoms with Gasteiger partial charge in [0.15, 0.2) is 0 Å². The molecule has 0 aromatic heterocycles. The lowest BCUT2D eigenvalue weighted by atomic mass is 9.64. The molecule has 2 rings (SSSR count). The van der Waals surface area contributed by atoms with Crippen LogP contribution in [0.2, 0.25) is 0 Å². The third-order valence-electron chi connectivity index (χ3n) is 3.55. The number of halogens is 3. The summed E-state index contributed by atoms with van der Waals surface area (Å²) in [6.45, 7) is 0. The van der Waals surface area contributed by atoms with Gasteiger partial charge in [0.2, 0.25) is 0 Å². The van der Waals surface area contributed by atoms with E-state index in [-0.39, 0.29) is 5.56 Å². The number of nitrogens with zero attached hydrogens (tertiary/aromatic N) is 1. The van der Waals surface area contributed by atoms with Gasteiger partial charge >= 0.3 is 6.18 Å². The van der Waals surface area contributed by atoms with Crippen molar-refractivity contribution in [3.8, 4) is 6.07 Å². The van der Waals surface area contributed by atoms with Crippen molar-refractivity contribution in [1.82, 2.24) is 0 Å². The van der Waals surface area contributed by atoms with Crippen molar-refractivity contribution < 1.29 is 18.3 Å². The van der Waals surface area contributed by atoms with Gasteiger partial charge in [0.1, 0.15) is 0 Å². The summed E-state index contributed by atoms with van der Waals surface area (Å²) in [7, 11) is 0. The molecule has 18 heavy (non-hydrogen) atoms. The Morgan fingerprint density at radius 1 is 1.28 bits per heavy atom. The lowest BCUT2D eigenvalue weighted by Crippen LogP contribution is -2.35. The SMILES string of the molecule is N#CC1(C(O)c2ccccc2C(F)(F)F)CCC1. The first kappa shape index (κ1) is 12.9. The predicted molar refractivity (Wildman–Crippen MR) is 58.3 cm³/mol. The van der Waals surface area contributed by atoms with Crippen molar-refractivity contribution in [2.45, 2.75) is 31.5 Å². The molecule has 0 heterocycles. The minimum absolute atomic E-state index is 0.203. The van der Waals surface area contributed by atoms with Crippen LogP contribution < -0.4 is 0 Å². The third-order valence-corrected chi connectivity index (χ3v) is 3.55. The van der Waals surface area contributed by atoms with Crippen molar-refractivity contribution in [3.05, 3.63) is 35.4 Å². The molecule has 1 aliphatic carbocycles. The number of alkyl halides is 3. The number of rotatable bonds is 2. The second kappa shape index (κ2) is 4.29. The highest BCUT2D eigenvalue weighted by Gasteiger charge is 2.47. The van der Waals surface area contributed by atoms with E-state index in [1.54, 1.807) is 0 Å². The van der Waals surface area contributed by atoms with Gasteiger partial charge in [0, 0.05) is 0 Å². The fraction of sp³-hybridized carbons (Fsp3) is 0.462. The summed E-state index contributed by atoms with van der Waals surface area (Å²) >= 11 is 0. The molecule has 1 unspecified atom stereocenters. The average Bonchev–Trinajstić information content (AvgIpc) is 2.27. The first-order chi connectivity index (χ1) is 8.41. The molecule has 1 aromatic rings. The monoisotopic (exact) mass is 255 g/mol. The summed E-state index contributed by atoms with van der Waals surface area (Å²) in [4.78, 5) is 0. The Kier molecular flexibility index (Phi) is 3.07. The van der Waals surface area contributed by atoms with Gasteiger partial charge in [-0.05, 0) is 24.5 Å². The quantitative estimate of drug-likeness (QED) is 0.879. The zero-order valence-electron chi connectivity index (χ0n) is 9.54. The summed E-state index contributed by atoms with van der Waals surface area (Å²) in [6.07, 6.45) is -4.25. The molecular weight excluding hydrogens is 243 g/mol. The summed E-state index contributed by atoms with van der Waals surface area (Å²) in [6, 6.07) is 6.87. The zero-order valence-corrected chi connectivity index (χ0v) is 9.54. The fourth-order valence-electron chi connectivity index (χ4n) is 2.30. The Morgan fingerprint density at radius 2 is 1.89 bits per heavy atom. The maximum atomic E-state index is 12.8. The number of nitriles is 1. The van der Waals surface area contributed by atoms with Crippen LogP contribution in [-0.4, -0.2) is 5.11 Å². The molecular formula is C13H12F3NO. The van der Waals surface area contributed by atoms with Crippen LogP contribution in [0.4, 0.5) is 13.2 Å². The third kappa shape index (κ3) is 1.97. The highest BCUT2D eigenvalue weighted by Crippen LogP contribution is 2.51. The van der Waals surface area contributed by atoms with Gasteiger partial charge in [0.25, 0.3) is 0 Å². The van der Waals surface area contributed by atoms with E-state index < -0.39 is 23.3 Å². The van der Waals surface area contributed by atoms with E-state index >= 15 is 0 Å². The minimum atomic E-state index is -4.52. The number of hydrogen-bond acceptors (Lipinski definition) is 2. The largest absolute Gasteiger partial charge is 0.416 e. The van der Waals surface area contributed by atoms with Crippen LogP contribution >= 0.6 is 0 Å². The number of aliphatic hydroxyl groups is 1. The molecule has 0 amide bonds. The van der Waals surface area contributed by atoms with E-state index in [2.05, 4.69) is 0 Å². The Bertz CT molecular complexity index is 486. The van der Waals surface area contributed by atoms with Crippen LogP contribution in [0.15, 0.2) is 24.3 Å². The number of benzene rings is 1.